The molecule has 24 heavy (non-hydrogen) atoms. The lowest BCUT2D eigenvalue weighted by Crippen LogP contribution is -2.24. The number of halogens is 2. The molecule has 3 rings (SSSR count). The van der Waals surface area contributed by atoms with E-state index < -0.39 is 26.6 Å². The number of hydrogen-bond acceptors (Lipinski definition) is 4. The second kappa shape index (κ2) is 6.46. The summed E-state index contributed by atoms with van der Waals surface area (Å²) >= 11 is 0. The Hall–Kier alpha value is -2.65. The van der Waals surface area contributed by atoms with Crippen molar-refractivity contribution in [3.8, 4) is 5.82 Å². The molecule has 0 unspecified atom stereocenters. The Morgan fingerprint density at radius 2 is 2.00 bits per heavy atom. The molecule has 1 N–H and O–H groups in total. The molecule has 2 heterocycles. The maximum Gasteiger partial charge on any atom is 0.243 e. The molecule has 1 aromatic carbocycles. The predicted molar refractivity (Wildman–Crippen MR) is 81.7 cm³/mol. The van der Waals surface area contributed by atoms with Crippen molar-refractivity contribution in [3.63, 3.8) is 0 Å². The Balaban J connectivity index is 1.74. The van der Waals surface area contributed by atoms with Crippen LogP contribution in [0.15, 0.2) is 59.9 Å². The summed E-state index contributed by atoms with van der Waals surface area (Å²) in [7, 11) is -4.18. The van der Waals surface area contributed by atoms with Crippen molar-refractivity contribution < 1.29 is 17.2 Å². The van der Waals surface area contributed by atoms with Crippen LogP contribution >= 0.6 is 0 Å². The molecule has 3 aromatic rings. The average molecular weight is 350 g/mol. The average Bonchev–Trinajstić information content (AvgIpc) is 3.10. The summed E-state index contributed by atoms with van der Waals surface area (Å²) in [6.07, 6.45) is 4.80. The minimum atomic E-state index is -4.18. The van der Waals surface area contributed by atoms with Crippen LogP contribution in [-0.2, 0) is 16.6 Å². The fourth-order valence-corrected chi connectivity index (χ4v) is 3.11. The number of aromatic nitrogens is 3. The Morgan fingerprint density at radius 1 is 1.17 bits per heavy atom. The van der Waals surface area contributed by atoms with Gasteiger partial charge in [-0.05, 0) is 35.9 Å². The van der Waals surface area contributed by atoms with Crippen molar-refractivity contribution in [1.82, 2.24) is 19.5 Å². The summed E-state index contributed by atoms with van der Waals surface area (Å²) < 4.78 is 54.7. The zero-order valence-corrected chi connectivity index (χ0v) is 13.0. The maximum absolute atomic E-state index is 13.6. The number of benzene rings is 1. The standard InChI is InChI=1S/C15H12F2N4O2S/c16-12-3-4-13(17)14(8-12)24(22,23)20-10-11-2-5-15(18-9-11)21-7-1-6-19-21/h1-9,20H,10H2. The van der Waals surface area contributed by atoms with Crippen molar-refractivity contribution in [3.05, 3.63) is 72.2 Å². The summed E-state index contributed by atoms with van der Waals surface area (Å²) in [4.78, 5) is 3.43. The monoisotopic (exact) mass is 350 g/mol. The van der Waals surface area contributed by atoms with E-state index in [2.05, 4.69) is 14.8 Å². The first-order chi connectivity index (χ1) is 11.5. The van der Waals surface area contributed by atoms with E-state index in [1.807, 2.05) is 0 Å². The van der Waals surface area contributed by atoms with Crippen molar-refractivity contribution in [1.29, 1.82) is 0 Å². The Labute approximate surface area is 136 Å². The molecule has 2 aromatic heterocycles. The minimum Gasteiger partial charge on any atom is -0.237 e. The van der Waals surface area contributed by atoms with E-state index in [-0.39, 0.29) is 6.54 Å². The molecule has 0 aliphatic rings. The Kier molecular flexibility index (Phi) is 4.36. The zero-order valence-electron chi connectivity index (χ0n) is 12.2. The first kappa shape index (κ1) is 16.2. The van der Waals surface area contributed by atoms with Crippen LogP contribution in [0.2, 0.25) is 0 Å². The fourth-order valence-electron chi connectivity index (χ4n) is 2.00. The van der Waals surface area contributed by atoms with Crippen LogP contribution in [0.4, 0.5) is 8.78 Å². The van der Waals surface area contributed by atoms with Gasteiger partial charge in [0.2, 0.25) is 10.0 Å². The highest BCUT2D eigenvalue weighted by Gasteiger charge is 2.19. The van der Waals surface area contributed by atoms with E-state index >= 15 is 0 Å². The molecule has 0 saturated carbocycles. The van der Waals surface area contributed by atoms with Gasteiger partial charge in [-0.3, -0.25) is 0 Å². The third kappa shape index (κ3) is 3.47. The van der Waals surface area contributed by atoms with Gasteiger partial charge in [0.05, 0.1) is 0 Å². The number of pyridine rings is 1. The lowest BCUT2D eigenvalue weighted by Gasteiger charge is -2.08. The molecule has 0 amide bonds. The van der Waals surface area contributed by atoms with Crippen LogP contribution in [0.5, 0.6) is 0 Å². The van der Waals surface area contributed by atoms with E-state index in [0.29, 0.717) is 17.4 Å². The number of rotatable bonds is 5. The second-order valence-corrected chi connectivity index (χ2v) is 6.61. The highest BCUT2D eigenvalue weighted by molar-refractivity contribution is 7.89. The zero-order chi connectivity index (χ0) is 17.2. The van der Waals surface area contributed by atoms with Gasteiger partial charge in [0.1, 0.15) is 16.5 Å². The van der Waals surface area contributed by atoms with Gasteiger partial charge in [-0.2, -0.15) is 5.10 Å². The van der Waals surface area contributed by atoms with E-state index in [0.717, 1.165) is 12.1 Å². The predicted octanol–water partition coefficient (Wildman–Crippen LogP) is 2.02. The van der Waals surface area contributed by atoms with E-state index in [9.17, 15) is 17.2 Å². The van der Waals surface area contributed by atoms with Crippen LogP contribution in [0, 0.1) is 11.6 Å². The van der Waals surface area contributed by atoms with Gasteiger partial charge in [-0.15, -0.1) is 0 Å². The fraction of sp³-hybridized carbons (Fsp3) is 0.0667. The van der Waals surface area contributed by atoms with Gasteiger partial charge >= 0.3 is 0 Å². The third-order valence-corrected chi connectivity index (χ3v) is 4.61. The largest absolute Gasteiger partial charge is 0.243 e. The summed E-state index contributed by atoms with van der Waals surface area (Å²) in [5, 5.41) is 4.02. The van der Waals surface area contributed by atoms with Gasteiger partial charge < -0.3 is 0 Å². The van der Waals surface area contributed by atoms with Crippen molar-refractivity contribution >= 4 is 10.0 Å². The lowest BCUT2D eigenvalue weighted by atomic mass is 10.3. The summed E-state index contributed by atoms with van der Waals surface area (Å²) in [5.41, 5.74) is 0.561. The molecule has 9 heteroatoms. The smallest absolute Gasteiger partial charge is 0.237 e. The highest BCUT2D eigenvalue weighted by atomic mass is 32.2. The number of nitrogens with zero attached hydrogens (tertiary/aromatic N) is 3. The number of sulfonamides is 1. The molecular weight excluding hydrogens is 338 g/mol. The van der Waals surface area contributed by atoms with Gasteiger partial charge in [0.25, 0.3) is 0 Å². The van der Waals surface area contributed by atoms with Crippen molar-refractivity contribution in [2.75, 3.05) is 0 Å². The molecule has 0 aliphatic carbocycles. The third-order valence-electron chi connectivity index (χ3n) is 3.20. The maximum atomic E-state index is 13.6. The van der Waals surface area contributed by atoms with Crippen molar-refractivity contribution in [2.45, 2.75) is 11.4 Å². The second-order valence-electron chi connectivity index (χ2n) is 4.87. The van der Waals surface area contributed by atoms with Crippen LogP contribution in [0.3, 0.4) is 0 Å². The molecule has 0 saturated heterocycles. The molecule has 0 fully saturated rings. The number of nitrogens with one attached hydrogen (secondary N) is 1. The quantitative estimate of drug-likeness (QED) is 0.764. The Morgan fingerprint density at radius 3 is 2.67 bits per heavy atom. The first-order valence-electron chi connectivity index (χ1n) is 6.85. The van der Waals surface area contributed by atoms with Gasteiger partial charge in [0.15, 0.2) is 5.82 Å². The topological polar surface area (TPSA) is 76.9 Å². The van der Waals surface area contributed by atoms with Crippen LogP contribution in [0.1, 0.15) is 5.56 Å². The molecule has 0 atom stereocenters. The molecule has 0 aliphatic heterocycles. The summed E-state index contributed by atoms with van der Waals surface area (Å²) in [5.74, 6) is -1.28. The van der Waals surface area contributed by atoms with Crippen LogP contribution < -0.4 is 4.72 Å². The minimum absolute atomic E-state index is 0.106. The van der Waals surface area contributed by atoms with E-state index in [1.54, 1.807) is 35.3 Å². The summed E-state index contributed by atoms with van der Waals surface area (Å²) in [6.45, 7) is -0.106. The van der Waals surface area contributed by atoms with E-state index in [1.165, 1.54) is 6.20 Å². The molecule has 124 valence electrons. The highest BCUT2D eigenvalue weighted by Crippen LogP contribution is 2.16. The molecular formula is C15H12F2N4O2S. The van der Waals surface area contributed by atoms with Crippen LogP contribution in [0.25, 0.3) is 5.82 Å². The lowest BCUT2D eigenvalue weighted by molar-refractivity contribution is 0.545. The molecule has 6 nitrogen and oxygen atoms in total. The normalized spacial score (nSPS) is 11.6. The summed E-state index contributed by atoms with van der Waals surface area (Å²) in [6, 6.07) is 7.33. The van der Waals surface area contributed by atoms with Gasteiger partial charge in [0, 0.05) is 25.1 Å². The Bertz CT molecular complexity index is 942. The number of hydrogen-bond donors (Lipinski definition) is 1. The van der Waals surface area contributed by atoms with Crippen LogP contribution in [-0.4, -0.2) is 23.2 Å². The van der Waals surface area contributed by atoms with Gasteiger partial charge in [-0.25, -0.2) is 31.6 Å². The molecule has 0 spiro atoms. The first-order valence-corrected chi connectivity index (χ1v) is 8.34. The SMILES string of the molecule is O=S(=O)(NCc1ccc(-n2cccn2)nc1)c1cc(F)ccc1F. The molecule has 0 bridgehead atoms. The molecule has 0 radical (unpaired) electrons. The van der Waals surface area contributed by atoms with Gasteiger partial charge in [-0.1, -0.05) is 6.07 Å². The van der Waals surface area contributed by atoms with E-state index in [4.69, 9.17) is 0 Å². The van der Waals surface area contributed by atoms with Crippen molar-refractivity contribution in [2.24, 2.45) is 0 Å².